The van der Waals surface area contributed by atoms with Crippen LogP contribution in [0.25, 0.3) is 0 Å². The number of hydrogen-bond acceptors (Lipinski definition) is 4. The maximum atomic E-state index is 9.91. The summed E-state index contributed by atoms with van der Waals surface area (Å²) in [6, 6.07) is 0. The molecule has 0 bridgehead atoms. The second-order valence-corrected chi connectivity index (χ2v) is 3.51. The zero-order chi connectivity index (χ0) is 10.7. The van der Waals surface area contributed by atoms with E-state index in [4.69, 9.17) is 9.47 Å². The van der Waals surface area contributed by atoms with Gasteiger partial charge in [-0.2, -0.15) is 0 Å². The standard InChI is InChI=1S/C11H15NO3/c1-14-10-4-2-3-9(11(10)13)7-12-5-6-15-8-12/h2-4,7,11,13H,5-6,8H2,1H3. The van der Waals surface area contributed by atoms with Crippen LogP contribution in [-0.2, 0) is 9.47 Å². The first-order chi connectivity index (χ1) is 7.31. The van der Waals surface area contributed by atoms with Gasteiger partial charge in [-0.05, 0) is 6.08 Å². The van der Waals surface area contributed by atoms with Crippen molar-refractivity contribution in [3.05, 3.63) is 35.8 Å². The van der Waals surface area contributed by atoms with Gasteiger partial charge in [0, 0.05) is 18.3 Å². The molecule has 1 fully saturated rings. The molecule has 1 aliphatic carbocycles. The molecule has 0 saturated carbocycles. The van der Waals surface area contributed by atoms with Gasteiger partial charge in [0.2, 0.25) is 0 Å². The Kier molecular flexibility index (Phi) is 3.08. The minimum atomic E-state index is -0.666. The predicted molar refractivity (Wildman–Crippen MR) is 55.8 cm³/mol. The third-order valence-electron chi connectivity index (χ3n) is 2.48. The van der Waals surface area contributed by atoms with Gasteiger partial charge in [-0.15, -0.1) is 0 Å². The molecule has 4 heteroatoms. The van der Waals surface area contributed by atoms with Gasteiger partial charge < -0.3 is 19.5 Å². The Morgan fingerprint density at radius 1 is 1.67 bits per heavy atom. The summed E-state index contributed by atoms with van der Waals surface area (Å²) in [5.74, 6) is 0.573. The quantitative estimate of drug-likeness (QED) is 0.724. The summed E-state index contributed by atoms with van der Waals surface area (Å²) in [7, 11) is 1.56. The summed E-state index contributed by atoms with van der Waals surface area (Å²) in [4.78, 5) is 2.03. The van der Waals surface area contributed by atoms with Crippen LogP contribution >= 0.6 is 0 Å². The van der Waals surface area contributed by atoms with E-state index in [1.54, 1.807) is 13.2 Å². The largest absolute Gasteiger partial charge is 0.498 e. The van der Waals surface area contributed by atoms with Gasteiger partial charge in [-0.3, -0.25) is 0 Å². The van der Waals surface area contributed by atoms with Crippen LogP contribution in [0.4, 0.5) is 0 Å². The van der Waals surface area contributed by atoms with Crippen LogP contribution in [0, 0.1) is 0 Å². The molecule has 0 radical (unpaired) electrons. The van der Waals surface area contributed by atoms with Crippen molar-refractivity contribution < 1.29 is 14.6 Å². The van der Waals surface area contributed by atoms with E-state index in [9.17, 15) is 5.11 Å². The van der Waals surface area contributed by atoms with Crippen LogP contribution in [0.15, 0.2) is 35.8 Å². The van der Waals surface area contributed by atoms with Gasteiger partial charge in [-0.1, -0.05) is 12.2 Å². The lowest BCUT2D eigenvalue weighted by molar-refractivity contribution is 0.147. The SMILES string of the molecule is COC1=CC=CC(=CN2CCOC2)C1O. The fraction of sp³-hybridized carbons (Fsp3) is 0.455. The molecule has 1 atom stereocenters. The average Bonchev–Trinajstić information content (AvgIpc) is 2.74. The minimum Gasteiger partial charge on any atom is -0.498 e. The number of hydrogen-bond donors (Lipinski definition) is 1. The van der Waals surface area contributed by atoms with E-state index in [-0.39, 0.29) is 0 Å². The minimum absolute atomic E-state index is 0.573. The maximum Gasteiger partial charge on any atom is 0.137 e. The Morgan fingerprint density at radius 2 is 2.53 bits per heavy atom. The molecule has 1 aliphatic heterocycles. The zero-order valence-electron chi connectivity index (χ0n) is 8.72. The van der Waals surface area contributed by atoms with Crippen molar-refractivity contribution in [2.75, 3.05) is 27.0 Å². The van der Waals surface area contributed by atoms with Gasteiger partial charge in [0.15, 0.2) is 0 Å². The molecule has 82 valence electrons. The van der Waals surface area contributed by atoms with E-state index in [0.29, 0.717) is 12.5 Å². The topological polar surface area (TPSA) is 41.9 Å². The first kappa shape index (κ1) is 10.3. The molecule has 15 heavy (non-hydrogen) atoms. The van der Waals surface area contributed by atoms with Crippen LogP contribution in [0.2, 0.25) is 0 Å². The highest BCUT2D eigenvalue weighted by Crippen LogP contribution is 2.20. The van der Waals surface area contributed by atoms with E-state index < -0.39 is 6.10 Å². The van der Waals surface area contributed by atoms with Gasteiger partial charge in [0.1, 0.15) is 18.6 Å². The Balaban J connectivity index is 2.10. The van der Waals surface area contributed by atoms with Crippen LogP contribution in [0.1, 0.15) is 0 Å². The summed E-state index contributed by atoms with van der Waals surface area (Å²) in [6.45, 7) is 2.21. The van der Waals surface area contributed by atoms with E-state index in [2.05, 4.69) is 0 Å². The summed E-state index contributed by atoms with van der Waals surface area (Å²) < 4.78 is 10.3. The average molecular weight is 209 g/mol. The fourth-order valence-electron chi connectivity index (χ4n) is 1.63. The molecule has 0 amide bonds. The molecule has 2 rings (SSSR count). The Hall–Kier alpha value is -1.26. The van der Waals surface area contributed by atoms with Crippen molar-refractivity contribution in [1.82, 2.24) is 4.90 Å². The summed E-state index contributed by atoms with van der Waals surface area (Å²) in [5, 5.41) is 9.91. The van der Waals surface area contributed by atoms with Gasteiger partial charge in [0.05, 0.1) is 13.7 Å². The van der Waals surface area contributed by atoms with Crippen LogP contribution < -0.4 is 0 Å². The first-order valence-corrected chi connectivity index (χ1v) is 4.95. The Bertz CT molecular complexity index is 314. The number of ether oxygens (including phenoxy) is 2. The van der Waals surface area contributed by atoms with Gasteiger partial charge in [-0.25, -0.2) is 0 Å². The normalized spacial score (nSPS) is 28.4. The molecule has 1 unspecified atom stereocenters. The molecule has 1 saturated heterocycles. The van der Waals surface area contributed by atoms with Crippen molar-refractivity contribution >= 4 is 0 Å². The van der Waals surface area contributed by atoms with Gasteiger partial charge in [0.25, 0.3) is 0 Å². The van der Waals surface area contributed by atoms with E-state index >= 15 is 0 Å². The number of methoxy groups -OCH3 is 1. The second kappa shape index (κ2) is 4.51. The molecule has 2 aliphatic rings. The summed E-state index contributed by atoms with van der Waals surface area (Å²) in [5.41, 5.74) is 0.833. The molecule has 4 nitrogen and oxygen atoms in total. The smallest absolute Gasteiger partial charge is 0.137 e. The lowest BCUT2D eigenvalue weighted by Crippen LogP contribution is -2.20. The predicted octanol–water partition coefficient (Wildman–Crippen LogP) is 0.621. The number of rotatable bonds is 2. The van der Waals surface area contributed by atoms with Crippen LogP contribution in [0.3, 0.4) is 0 Å². The number of allylic oxidation sites excluding steroid dienone is 2. The highest BCUT2D eigenvalue weighted by molar-refractivity contribution is 5.37. The monoisotopic (exact) mass is 209 g/mol. The van der Waals surface area contributed by atoms with Crippen molar-refractivity contribution in [3.8, 4) is 0 Å². The zero-order valence-corrected chi connectivity index (χ0v) is 8.72. The van der Waals surface area contributed by atoms with E-state index in [0.717, 1.165) is 18.7 Å². The third-order valence-corrected chi connectivity index (χ3v) is 2.48. The molecule has 1 heterocycles. The van der Waals surface area contributed by atoms with Gasteiger partial charge >= 0.3 is 0 Å². The molecule has 0 aromatic rings. The van der Waals surface area contributed by atoms with Crippen LogP contribution in [0.5, 0.6) is 0 Å². The van der Waals surface area contributed by atoms with Crippen molar-refractivity contribution in [3.63, 3.8) is 0 Å². The van der Waals surface area contributed by atoms with E-state index in [1.807, 2.05) is 23.3 Å². The van der Waals surface area contributed by atoms with E-state index in [1.165, 1.54) is 0 Å². The highest BCUT2D eigenvalue weighted by Gasteiger charge is 2.19. The second-order valence-electron chi connectivity index (χ2n) is 3.51. The Morgan fingerprint density at radius 3 is 3.20 bits per heavy atom. The maximum absolute atomic E-state index is 9.91. The number of aliphatic hydroxyl groups is 1. The first-order valence-electron chi connectivity index (χ1n) is 4.95. The van der Waals surface area contributed by atoms with Crippen LogP contribution in [-0.4, -0.2) is 43.1 Å². The molecule has 0 spiro atoms. The highest BCUT2D eigenvalue weighted by atomic mass is 16.5. The third kappa shape index (κ3) is 2.22. The molecule has 0 aromatic heterocycles. The molecular weight excluding hydrogens is 194 g/mol. The summed E-state index contributed by atoms with van der Waals surface area (Å²) in [6.07, 6.45) is 6.77. The number of nitrogens with zero attached hydrogens (tertiary/aromatic N) is 1. The molecule has 1 N–H and O–H groups in total. The fourth-order valence-corrected chi connectivity index (χ4v) is 1.63. The summed E-state index contributed by atoms with van der Waals surface area (Å²) >= 11 is 0. The number of aliphatic hydroxyl groups excluding tert-OH is 1. The molecule has 0 aromatic carbocycles. The van der Waals surface area contributed by atoms with Crippen molar-refractivity contribution in [1.29, 1.82) is 0 Å². The Labute approximate surface area is 89.1 Å². The lowest BCUT2D eigenvalue weighted by atomic mass is 10.0. The van der Waals surface area contributed by atoms with Crippen molar-refractivity contribution in [2.45, 2.75) is 6.10 Å². The molecular formula is C11H15NO3. The van der Waals surface area contributed by atoms with Crippen molar-refractivity contribution in [2.24, 2.45) is 0 Å². The lowest BCUT2D eigenvalue weighted by Gasteiger charge is -2.20.